The van der Waals surface area contributed by atoms with Crippen LogP contribution >= 0.6 is 0 Å². The first-order valence-corrected chi connectivity index (χ1v) is 9.81. The van der Waals surface area contributed by atoms with Crippen molar-refractivity contribution in [3.63, 3.8) is 0 Å². The monoisotopic (exact) mass is 327 g/mol. The predicted octanol–water partition coefficient (Wildman–Crippen LogP) is 4.56. The molecule has 24 heavy (non-hydrogen) atoms. The van der Waals surface area contributed by atoms with Gasteiger partial charge in [-0.15, -0.1) is 0 Å². The number of hydrogen-bond donors (Lipinski definition) is 3. The van der Waals surface area contributed by atoms with Gasteiger partial charge in [-0.25, -0.2) is 0 Å². The molecule has 0 aliphatic heterocycles. The molecular formula is C21H33N3. The molecule has 2 aliphatic rings. The molecular weight excluding hydrogens is 294 g/mol. The summed E-state index contributed by atoms with van der Waals surface area (Å²) >= 11 is 0. The maximum atomic E-state index is 7.36. The van der Waals surface area contributed by atoms with Crippen LogP contribution < -0.4 is 11.1 Å². The fraction of sp³-hybridized carbons (Fsp3) is 0.667. The van der Waals surface area contributed by atoms with Crippen molar-refractivity contribution >= 4 is 5.96 Å². The highest BCUT2D eigenvalue weighted by atomic mass is 15.1. The van der Waals surface area contributed by atoms with E-state index in [-0.39, 0.29) is 5.96 Å². The maximum Gasteiger partial charge on any atom is 0.185 e. The molecule has 4 N–H and O–H groups in total. The van der Waals surface area contributed by atoms with Gasteiger partial charge in [0.1, 0.15) is 0 Å². The van der Waals surface area contributed by atoms with Crippen molar-refractivity contribution < 1.29 is 0 Å². The SMILES string of the molecule is CC1CCCCC1Cc1ccc([C@H]2CC[C@H](NC(=N)N)CC2)cc1. The average molecular weight is 328 g/mol. The summed E-state index contributed by atoms with van der Waals surface area (Å²) in [7, 11) is 0. The second kappa shape index (κ2) is 8.04. The van der Waals surface area contributed by atoms with Crippen molar-refractivity contribution in [3.05, 3.63) is 35.4 Å². The van der Waals surface area contributed by atoms with E-state index in [9.17, 15) is 0 Å². The van der Waals surface area contributed by atoms with Crippen LogP contribution in [0.3, 0.4) is 0 Å². The fourth-order valence-corrected chi connectivity index (χ4v) is 4.72. The molecule has 2 atom stereocenters. The van der Waals surface area contributed by atoms with E-state index >= 15 is 0 Å². The Bertz CT molecular complexity index is 529. The van der Waals surface area contributed by atoms with Crippen molar-refractivity contribution in [1.29, 1.82) is 5.41 Å². The molecule has 0 heterocycles. The van der Waals surface area contributed by atoms with Gasteiger partial charge in [-0.2, -0.15) is 0 Å². The molecule has 2 fully saturated rings. The smallest absolute Gasteiger partial charge is 0.185 e. The first kappa shape index (κ1) is 17.3. The quantitative estimate of drug-likeness (QED) is 0.560. The minimum atomic E-state index is 0.111. The van der Waals surface area contributed by atoms with E-state index in [1.165, 1.54) is 56.1 Å². The number of hydrogen-bond acceptors (Lipinski definition) is 1. The molecule has 0 radical (unpaired) electrons. The maximum absolute atomic E-state index is 7.36. The van der Waals surface area contributed by atoms with Gasteiger partial charge in [-0.3, -0.25) is 5.41 Å². The van der Waals surface area contributed by atoms with Crippen molar-refractivity contribution in [1.82, 2.24) is 5.32 Å². The molecule has 0 spiro atoms. The van der Waals surface area contributed by atoms with E-state index in [2.05, 4.69) is 36.5 Å². The zero-order valence-corrected chi connectivity index (χ0v) is 15.1. The topological polar surface area (TPSA) is 61.9 Å². The van der Waals surface area contributed by atoms with Gasteiger partial charge < -0.3 is 11.1 Å². The van der Waals surface area contributed by atoms with Gasteiger partial charge in [0.15, 0.2) is 5.96 Å². The normalized spacial score (nSPS) is 30.7. The number of nitrogens with two attached hydrogens (primary N) is 1. The molecule has 2 aliphatic carbocycles. The average Bonchev–Trinajstić information content (AvgIpc) is 2.58. The van der Waals surface area contributed by atoms with Crippen LogP contribution in [-0.2, 0) is 6.42 Å². The number of guanidine groups is 1. The van der Waals surface area contributed by atoms with E-state index in [4.69, 9.17) is 11.1 Å². The van der Waals surface area contributed by atoms with Gasteiger partial charge in [-0.1, -0.05) is 50.5 Å². The molecule has 2 unspecified atom stereocenters. The summed E-state index contributed by atoms with van der Waals surface area (Å²) in [5.41, 5.74) is 8.46. The van der Waals surface area contributed by atoms with Crippen molar-refractivity contribution in [2.75, 3.05) is 0 Å². The van der Waals surface area contributed by atoms with Gasteiger partial charge >= 0.3 is 0 Å². The Hall–Kier alpha value is -1.51. The van der Waals surface area contributed by atoms with Crippen molar-refractivity contribution in [2.24, 2.45) is 17.6 Å². The largest absolute Gasteiger partial charge is 0.370 e. The number of rotatable bonds is 4. The van der Waals surface area contributed by atoms with Crippen LogP contribution in [0.5, 0.6) is 0 Å². The fourth-order valence-electron chi connectivity index (χ4n) is 4.72. The summed E-state index contributed by atoms with van der Waals surface area (Å²) in [4.78, 5) is 0. The Morgan fingerprint density at radius 2 is 1.71 bits per heavy atom. The Labute approximate surface area is 146 Å². The van der Waals surface area contributed by atoms with Crippen molar-refractivity contribution in [2.45, 2.75) is 76.7 Å². The molecule has 3 rings (SSSR count). The minimum Gasteiger partial charge on any atom is -0.370 e. The van der Waals surface area contributed by atoms with Crippen LogP contribution in [0.15, 0.2) is 24.3 Å². The van der Waals surface area contributed by atoms with E-state index in [1.807, 2.05) is 0 Å². The lowest BCUT2D eigenvalue weighted by atomic mass is 9.77. The van der Waals surface area contributed by atoms with Crippen LogP contribution in [0.25, 0.3) is 0 Å². The highest BCUT2D eigenvalue weighted by Crippen LogP contribution is 2.35. The molecule has 1 aromatic carbocycles. The summed E-state index contributed by atoms with van der Waals surface area (Å²) < 4.78 is 0. The summed E-state index contributed by atoms with van der Waals surface area (Å²) in [5.74, 6) is 2.57. The van der Waals surface area contributed by atoms with Gasteiger partial charge in [0, 0.05) is 6.04 Å². The molecule has 2 saturated carbocycles. The third-order valence-electron chi connectivity index (χ3n) is 6.32. The predicted molar refractivity (Wildman–Crippen MR) is 101 cm³/mol. The highest BCUT2D eigenvalue weighted by molar-refractivity contribution is 5.74. The molecule has 0 aromatic heterocycles. The summed E-state index contributed by atoms with van der Waals surface area (Å²) in [6, 6.07) is 9.87. The molecule has 132 valence electrons. The minimum absolute atomic E-state index is 0.111. The van der Waals surface area contributed by atoms with E-state index in [0.717, 1.165) is 24.7 Å². The molecule has 3 heteroatoms. The van der Waals surface area contributed by atoms with Crippen LogP contribution in [0.4, 0.5) is 0 Å². The van der Waals surface area contributed by atoms with Crippen LogP contribution in [0, 0.1) is 17.2 Å². The summed E-state index contributed by atoms with van der Waals surface area (Å²) in [6.07, 6.45) is 11.6. The van der Waals surface area contributed by atoms with Crippen molar-refractivity contribution in [3.8, 4) is 0 Å². The number of benzene rings is 1. The van der Waals surface area contributed by atoms with E-state index < -0.39 is 0 Å². The lowest BCUT2D eigenvalue weighted by molar-refractivity contribution is 0.255. The number of nitrogens with one attached hydrogen (secondary N) is 2. The Morgan fingerprint density at radius 3 is 2.33 bits per heavy atom. The molecule has 0 amide bonds. The van der Waals surface area contributed by atoms with Gasteiger partial charge in [0.05, 0.1) is 0 Å². The lowest BCUT2D eigenvalue weighted by Gasteiger charge is -2.30. The molecule has 3 nitrogen and oxygen atoms in total. The summed E-state index contributed by atoms with van der Waals surface area (Å²) in [6.45, 7) is 2.44. The Balaban J connectivity index is 1.52. The Morgan fingerprint density at radius 1 is 1.04 bits per heavy atom. The molecule has 0 saturated heterocycles. The van der Waals surface area contributed by atoms with E-state index in [0.29, 0.717) is 12.0 Å². The second-order valence-electron chi connectivity index (χ2n) is 8.07. The summed E-state index contributed by atoms with van der Waals surface area (Å²) in [5, 5.41) is 10.4. The van der Waals surface area contributed by atoms with Gasteiger partial charge in [0.2, 0.25) is 0 Å². The zero-order chi connectivity index (χ0) is 16.9. The third kappa shape index (κ3) is 4.52. The first-order valence-electron chi connectivity index (χ1n) is 9.81. The van der Waals surface area contributed by atoms with Gasteiger partial charge in [0.25, 0.3) is 0 Å². The van der Waals surface area contributed by atoms with Crippen LogP contribution in [0.2, 0.25) is 0 Å². The Kier molecular flexibility index (Phi) is 5.80. The third-order valence-corrected chi connectivity index (χ3v) is 6.32. The highest BCUT2D eigenvalue weighted by Gasteiger charge is 2.23. The first-order chi connectivity index (χ1) is 11.6. The van der Waals surface area contributed by atoms with E-state index in [1.54, 1.807) is 0 Å². The molecule has 0 bridgehead atoms. The second-order valence-corrected chi connectivity index (χ2v) is 8.07. The standard InChI is InChI=1S/C21H33N3/c1-15-4-2-3-5-19(15)14-16-6-8-17(9-7-16)18-10-12-20(13-11-18)24-21(22)23/h6-9,15,18-20H,2-5,10-14H2,1H3,(H4,22,23,24)/t15?,18-,19?,20-. The van der Waals surface area contributed by atoms with Gasteiger partial charge in [-0.05, 0) is 67.4 Å². The lowest BCUT2D eigenvalue weighted by Crippen LogP contribution is -2.41. The van der Waals surface area contributed by atoms with Crippen LogP contribution in [0.1, 0.15) is 75.3 Å². The van der Waals surface area contributed by atoms with Crippen LogP contribution in [-0.4, -0.2) is 12.0 Å². The molecule has 1 aromatic rings. The zero-order valence-electron chi connectivity index (χ0n) is 15.1.